The quantitative estimate of drug-likeness (QED) is 0.852. The van der Waals surface area contributed by atoms with E-state index in [1.54, 1.807) is 6.07 Å². The number of hydrogen-bond donors (Lipinski definition) is 1. The van der Waals surface area contributed by atoms with Gasteiger partial charge in [-0.25, -0.2) is 0 Å². The molecule has 0 spiro atoms. The van der Waals surface area contributed by atoms with Crippen LogP contribution in [0.4, 0.5) is 5.69 Å². The van der Waals surface area contributed by atoms with Crippen molar-refractivity contribution in [3.8, 4) is 0 Å². The van der Waals surface area contributed by atoms with E-state index in [4.69, 9.17) is 11.6 Å². The molecule has 1 aromatic rings. The van der Waals surface area contributed by atoms with Crippen molar-refractivity contribution < 1.29 is 4.79 Å². The van der Waals surface area contributed by atoms with E-state index in [9.17, 15) is 4.79 Å². The Morgan fingerprint density at radius 2 is 1.94 bits per heavy atom. The Morgan fingerprint density at radius 1 is 1.28 bits per heavy atom. The lowest BCUT2D eigenvalue weighted by molar-refractivity contribution is -0.117. The first-order valence-corrected chi connectivity index (χ1v) is 7.60. The number of carbonyl (C=O) groups excluding carboxylic acids is 1. The highest BCUT2D eigenvalue weighted by atomic mass is 79.9. The van der Waals surface area contributed by atoms with E-state index < -0.39 is 0 Å². The van der Waals surface area contributed by atoms with E-state index in [2.05, 4.69) is 21.2 Å². The summed E-state index contributed by atoms with van der Waals surface area (Å²) in [5.74, 6) is 1.63. The lowest BCUT2D eigenvalue weighted by atomic mass is 10.0. The average Bonchev–Trinajstić information content (AvgIpc) is 3.08. The number of amides is 1. The number of rotatable bonds is 2. The second kappa shape index (κ2) is 4.86. The SMILES string of the molecule is O=C(Nc1cc(Br)ccc1Cl)C1C2CCCCC21. The largest absolute Gasteiger partial charge is 0.324 e. The lowest BCUT2D eigenvalue weighted by Crippen LogP contribution is -2.15. The van der Waals surface area contributed by atoms with Gasteiger partial charge in [0.25, 0.3) is 0 Å². The Balaban J connectivity index is 1.69. The highest BCUT2D eigenvalue weighted by Crippen LogP contribution is 2.55. The summed E-state index contributed by atoms with van der Waals surface area (Å²) in [6, 6.07) is 5.52. The van der Waals surface area contributed by atoms with Crippen LogP contribution in [0.2, 0.25) is 5.02 Å². The summed E-state index contributed by atoms with van der Waals surface area (Å²) in [7, 11) is 0. The molecule has 2 fully saturated rings. The molecule has 2 unspecified atom stereocenters. The van der Waals surface area contributed by atoms with Gasteiger partial charge in [-0.1, -0.05) is 40.4 Å². The van der Waals surface area contributed by atoms with Crippen molar-refractivity contribution in [1.29, 1.82) is 0 Å². The number of hydrogen-bond acceptors (Lipinski definition) is 1. The Labute approximate surface area is 120 Å². The summed E-state index contributed by atoms with van der Waals surface area (Å²) in [5.41, 5.74) is 0.708. The number of fused-ring (bicyclic) bond motifs is 1. The van der Waals surface area contributed by atoms with E-state index in [0.717, 1.165) is 4.47 Å². The predicted octanol–water partition coefficient (Wildman–Crippen LogP) is 4.48. The van der Waals surface area contributed by atoms with Crippen molar-refractivity contribution in [2.75, 3.05) is 5.32 Å². The first-order chi connectivity index (χ1) is 8.66. The summed E-state index contributed by atoms with van der Waals surface area (Å²) in [4.78, 5) is 12.2. The van der Waals surface area contributed by atoms with Crippen molar-refractivity contribution in [1.82, 2.24) is 0 Å². The maximum absolute atomic E-state index is 12.2. The van der Waals surface area contributed by atoms with Gasteiger partial charge in [0.2, 0.25) is 5.91 Å². The number of anilines is 1. The summed E-state index contributed by atoms with van der Waals surface area (Å²) < 4.78 is 0.926. The third-order valence-electron chi connectivity index (χ3n) is 4.15. The van der Waals surface area contributed by atoms with Gasteiger partial charge in [-0.15, -0.1) is 0 Å². The molecule has 2 aliphatic carbocycles. The number of halogens is 2. The second-order valence-corrected chi connectivity index (χ2v) is 6.57. The van der Waals surface area contributed by atoms with E-state index >= 15 is 0 Å². The third kappa shape index (κ3) is 2.30. The molecule has 2 aliphatic rings. The Bertz CT molecular complexity index is 479. The molecule has 1 aromatic carbocycles. The normalized spacial score (nSPS) is 29.6. The maximum atomic E-state index is 12.2. The fraction of sp³-hybridized carbons (Fsp3) is 0.500. The van der Waals surface area contributed by atoms with Gasteiger partial charge in [0.1, 0.15) is 0 Å². The van der Waals surface area contributed by atoms with E-state index in [0.29, 0.717) is 22.5 Å². The Kier molecular flexibility index (Phi) is 3.37. The highest BCUT2D eigenvalue weighted by molar-refractivity contribution is 9.10. The number of benzene rings is 1. The molecule has 18 heavy (non-hydrogen) atoms. The average molecular weight is 329 g/mol. The molecule has 0 radical (unpaired) electrons. The van der Waals surface area contributed by atoms with Crippen LogP contribution >= 0.6 is 27.5 Å². The van der Waals surface area contributed by atoms with Crippen LogP contribution in [-0.4, -0.2) is 5.91 Å². The van der Waals surface area contributed by atoms with Gasteiger partial charge < -0.3 is 5.32 Å². The van der Waals surface area contributed by atoms with E-state index in [-0.39, 0.29) is 11.8 Å². The van der Waals surface area contributed by atoms with Gasteiger partial charge in [0.05, 0.1) is 10.7 Å². The standard InChI is InChI=1S/C14H15BrClNO/c15-8-5-6-11(16)12(7-8)17-14(18)13-9-3-1-2-4-10(9)13/h5-7,9-10,13H,1-4H2,(H,17,18). The molecule has 0 aliphatic heterocycles. The number of carbonyl (C=O) groups is 1. The molecule has 0 bridgehead atoms. The molecular weight excluding hydrogens is 314 g/mol. The van der Waals surface area contributed by atoms with Crippen LogP contribution in [0.25, 0.3) is 0 Å². The lowest BCUT2D eigenvalue weighted by Gasteiger charge is -2.07. The van der Waals surface area contributed by atoms with Crippen molar-refractivity contribution in [3.05, 3.63) is 27.7 Å². The molecular formula is C14H15BrClNO. The molecule has 0 aromatic heterocycles. The van der Waals surface area contributed by atoms with Crippen molar-refractivity contribution in [3.63, 3.8) is 0 Å². The van der Waals surface area contributed by atoms with Crippen LogP contribution in [0.1, 0.15) is 25.7 Å². The minimum atomic E-state index is 0.145. The summed E-state index contributed by atoms with van der Waals surface area (Å²) in [5, 5.41) is 3.56. The predicted molar refractivity (Wildman–Crippen MR) is 76.7 cm³/mol. The monoisotopic (exact) mass is 327 g/mol. The van der Waals surface area contributed by atoms with Gasteiger partial charge in [-0.2, -0.15) is 0 Å². The topological polar surface area (TPSA) is 29.1 Å². The highest BCUT2D eigenvalue weighted by Gasteiger charge is 2.54. The zero-order valence-corrected chi connectivity index (χ0v) is 12.3. The maximum Gasteiger partial charge on any atom is 0.228 e. The second-order valence-electron chi connectivity index (χ2n) is 5.25. The zero-order valence-electron chi connectivity index (χ0n) is 9.96. The smallest absolute Gasteiger partial charge is 0.228 e. The van der Waals surface area contributed by atoms with Crippen molar-refractivity contribution in [2.45, 2.75) is 25.7 Å². The van der Waals surface area contributed by atoms with Gasteiger partial charge >= 0.3 is 0 Å². The zero-order chi connectivity index (χ0) is 12.7. The molecule has 1 N–H and O–H groups in total. The molecule has 96 valence electrons. The molecule has 1 amide bonds. The number of nitrogens with one attached hydrogen (secondary N) is 1. The minimum absolute atomic E-state index is 0.145. The van der Waals surface area contributed by atoms with Crippen LogP contribution in [-0.2, 0) is 4.79 Å². The van der Waals surface area contributed by atoms with Gasteiger partial charge in [-0.05, 0) is 42.9 Å². The van der Waals surface area contributed by atoms with Crippen molar-refractivity contribution >= 4 is 39.1 Å². The first-order valence-electron chi connectivity index (χ1n) is 6.43. The Hall–Kier alpha value is -0.540. The third-order valence-corrected chi connectivity index (χ3v) is 4.97. The molecule has 2 atom stereocenters. The van der Waals surface area contributed by atoms with Crippen LogP contribution in [0.5, 0.6) is 0 Å². The summed E-state index contributed by atoms with van der Waals surface area (Å²) >= 11 is 9.47. The van der Waals surface area contributed by atoms with Crippen LogP contribution in [0, 0.1) is 17.8 Å². The molecule has 2 saturated carbocycles. The van der Waals surface area contributed by atoms with E-state index in [1.165, 1.54) is 25.7 Å². The van der Waals surface area contributed by atoms with E-state index in [1.807, 2.05) is 12.1 Å². The summed E-state index contributed by atoms with van der Waals surface area (Å²) in [6.45, 7) is 0. The van der Waals surface area contributed by atoms with Gasteiger partial charge in [-0.3, -0.25) is 4.79 Å². The molecule has 3 rings (SSSR count). The fourth-order valence-corrected chi connectivity index (χ4v) is 3.72. The van der Waals surface area contributed by atoms with Crippen molar-refractivity contribution in [2.24, 2.45) is 17.8 Å². The van der Waals surface area contributed by atoms with Gasteiger partial charge in [0, 0.05) is 10.4 Å². The summed E-state index contributed by atoms with van der Waals surface area (Å²) in [6.07, 6.45) is 5.00. The fourth-order valence-electron chi connectivity index (χ4n) is 3.19. The first kappa shape index (κ1) is 12.5. The molecule has 4 heteroatoms. The molecule has 2 nitrogen and oxygen atoms in total. The molecule has 0 saturated heterocycles. The molecule has 0 heterocycles. The van der Waals surface area contributed by atoms with Crippen LogP contribution < -0.4 is 5.32 Å². The minimum Gasteiger partial charge on any atom is -0.324 e. The Morgan fingerprint density at radius 3 is 2.61 bits per heavy atom. The van der Waals surface area contributed by atoms with Gasteiger partial charge in [0.15, 0.2) is 0 Å². The van der Waals surface area contributed by atoms with Crippen LogP contribution in [0.3, 0.4) is 0 Å². The van der Waals surface area contributed by atoms with Crippen LogP contribution in [0.15, 0.2) is 22.7 Å².